The predicted molar refractivity (Wildman–Crippen MR) is 74.8 cm³/mol. The fourth-order valence-electron chi connectivity index (χ4n) is 2.02. The van der Waals surface area contributed by atoms with Gasteiger partial charge in [0.1, 0.15) is 11.5 Å². The Kier molecular flexibility index (Phi) is 2.91. The quantitative estimate of drug-likeness (QED) is 0.673. The van der Waals surface area contributed by atoms with Crippen LogP contribution in [0.15, 0.2) is 36.4 Å². The van der Waals surface area contributed by atoms with Gasteiger partial charge in [-0.15, -0.1) is 0 Å². The first-order chi connectivity index (χ1) is 9.30. The van der Waals surface area contributed by atoms with Crippen LogP contribution in [0.1, 0.15) is 6.92 Å². The van der Waals surface area contributed by atoms with E-state index in [1.54, 1.807) is 7.11 Å². The Morgan fingerprint density at radius 1 is 0.842 bits per heavy atom. The number of rotatable bonds is 3. The van der Waals surface area contributed by atoms with Crippen molar-refractivity contribution in [2.45, 2.75) is 6.92 Å². The molecule has 0 spiro atoms. The topological polar surface area (TPSA) is 44.2 Å². The molecule has 0 aliphatic rings. The number of ether oxygens (including phenoxy) is 2. The molecular formula is C15H14N2O2. The van der Waals surface area contributed by atoms with Crippen molar-refractivity contribution in [1.29, 1.82) is 0 Å². The molecule has 0 atom stereocenters. The summed E-state index contributed by atoms with van der Waals surface area (Å²) >= 11 is 0. The zero-order chi connectivity index (χ0) is 13.2. The van der Waals surface area contributed by atoms with E-state index in [0.29, 0.717) is 6.61 Å². The second kappa shape index (κ2) is 4.72. The molecule has 0 saturated heterocycles. The van der Waals surface area contributed by atoms with Crippen molar-refractivity contribution >= 4 is 22.1 Å². The summed E-state index contributed by atoms with van der Waals surface area (Å²) in [7, 11) is 1.64. The zero-order valence-corrected chi connectivity index (χ0v) is 10.9. The van der Waals surface area contributed by atoms with Gasteiger partial charge in [-0.25, -0.2) is 9.97 Å². The lowest BCUT2D eigenvalue weighted by Crippen LogP contribution is -1.93. The van der Waals surface area contributed by atoms with Crippen molar-refractivity contribution < 1.29 is 9.47 Å². The maximum atomic E-state index is 5.48. The highest BCUT2D eigenvalue weighted by Crippen LogP contribution is 2.23. The van der Waals surface area contributed by atoms with E-state index in [1.165, 1.54) is 0 Å². The first-order valence-electron chi connectivity index (χ1n) is 6.18. The number of benzene rings is 2. The fraction of sp³-hybridized carbons (Fsp3) is 0.200. The monoisotopic (exact) mass is 254 g/mol. The van der Waals surface area contributed by atoms with Gasteiger partial charge in [-0.3, -0.25) is 0 Å². The van der Waals surface area contributed by atoms with Crippen LogP contribution in [-0.4, -0.2) is 23.7 Å². The lowest BCUT2D eigenvalue weighted by molar-refractivity contribution is 0.340. The van der Waals surface area contributed by atoms with Gasteiger partial charge in [0.25, 0.3) is 0 Å². The molecule has 96 valence electrons. The minimum Gasteiger partial charge on any atom is -0.497 e. The molecule has 3 aromatic rings. The molecule has 4 heteroatoms. The summed E-state index contributed by atoms with van der Waals surface area (Å²) in [6.45, 7) is 2.60. The predicted octanol–water partition coefficient (Wildman–Crippen LogP) is 3.19. The van der Waals surface area contributed by atoms with E-state index in [4.69, 9.17) is 9.47 Å². The minimum atomic E-state index is 0.639. The Bertz CT molecular complexity index is 741. The SMILES string of the molecule is CCOc1ccc2nc3ccc(OC)cc3nc2c1. The summed E-state index contributed by atoms with van der Waals surface area (Å²) < 4.78 is 10.7. The van der Waals surface area contributed by atoms with Crippen LogP contribution in [0, 0.1) is 0 Å². The summed E-state index contributed by atoms with van der Waals surface area (Å²) in [5.74, 6) is 1.59. The Labute approximate surface area is 111 Å². The molecule has 0 fully saturated rings. The standard InChI is InChI=1S/C15H14N2O2/c1-3-19-11-5-7-13-15(9-11)17-14-8-10(18-2)4-6-12(14)16-13/h4-9H,3H2,1-2H3. The molecule has 2 aromatic carbocycles. The summed E-state index contributed by atoms with van der Waals surface area (Å²) in [6, 6.07) is 11.4. The smallest absolute Gasteiger partial charge is 0.121 e. The highest BCUT2D eigenvalue weighted by Gasteiger charge is 2.04. The van der Waals surface area contributed by atoms with Crippen molar-refractivity contribution in [3.63, 3.8) is 0 Å². The Balaban J connectivity index is 2.20. The second-order valence-corrected chi connectivity index (χ2v) is 4.16. The molecule has 1 heterocycles. The molecule has 0 amide bonds. The van der Waals surface area contributed by atoms with Gasteiger partial charge < -0.3 is 9.47 Å². The molecular weight excluding hydrogens is 240 g/mol. The number of hydrogen-bond donors (Lipinski definition) is 0. The first kappa shape index (κ1) is 11.7. The molecule has 0 aliphatic carbocycles. The van der Waals surface area contributed by atoms with Gasteiger partial charge in [-0.2, -0.15) is 0 Å². The molecule has 3 rings (SSSR count). The number of nitrogens with zero attached hydrogens (tertiary/aromatic N) is 2. The summed E-state index contributed by atoms with van der Waals surface area (Å²) in [4.78, 5) is 9.19. The van der Waals surface area contributed by atoms with Crippen LogP contribution in [0.3, 0.4) is 0 Å². The van der Waals surface area contributed by atoms with Gasteiger partial charge >= 0.3 is 0 Å². The van der Waals surface area contributed by atoms with Crippen molar-refractivity contribution in [3.8, 4) is 11.5 Å². The molecule has 0 unspecified atom stereocenters. The third kappa shape index (κ3) is 2.17. The third-order valence-corrected chi connectivity index (χ3v) is 2.92. The van der Waals surface area contributed by atoms with Gasteiger partial charge in [0, 0.05) is 12.1 Å². The molecule has 0 N–H and O–H groups in total. The molecule has 0 aliphatic heterocycles. The summed E-state index contributed by atoms with van der Waals surface area (Å²) in [5, 5.41) is 0. The Morgan fingerprint density at radius 2 is 1.42 bits per heavy atom. The van der Waals surface area contributed by atoms with Gasteiger partial charge in [0.05, 0.1) is 35.8 Å². The zero-order valence-electron chi connectivity index (χ0n) is 10.9. The van der Waals surface area contributed by atoms with Gasteiger partial charge in [-0.1, -0.05) is 0 Å². The number of methoxy groups -OCH3 is 1. The van der Waals surface area contributed by atoms with Crippen LogP contribution in [0.5, 0.6) is 11.5 Å². The average Bonchev–Trinajstić information content (AvgIpc) is 2.45. The maximum absolute atomic E-state index is 5.48. The van der Waals surface area contributed by atoms with Crippen molar-refractivity contribution in [2.24, 2.45) is 0 Å². The van der Waals surface area contributed by atoms with Gasteiger partial charge in [0.2, 0.25) is 0 Å². The lowest BCUT2D eigenvalue weighted by Gasteiger charge is -2.06. The van der Waals surface area contributed by atoms with Crippen LogP contribution in [0.4, 0.5) is 0 Å². The number of hydrogen-bond acceptors (Lipinski definition) is 4. The minimum absolute atomic E-state index is 0.639. The molecule has 0 bridgehead atoms. The highest BCUT2D eigenvalue weighted by atomic mass is 16.5. The van der Waals surface area contributed by atoms with E-state index < -0.39 is 0 Å². The normalized spacial score (nSPS) is 10.8. The van der Waals surface area contributed by atoms with E-state index in [9.17, 15) is 0 Å². The van der Waals surface area contributed by atoms with Crippen LogP contribution in [-0.2, 0) is 0 Å². The van der Waals surface area contributed by atoms with E-state index in [-0.39, 0.29) is 0 Å². The molecule has 0 saturated carbocycles. The molecule has 1 aromatic heterocycles. The van der Waals surface area contributed by atoms with Crippen LogP contribution >= 0.6 is 0 Å². The van der Waals surface area contributed by atoms with Crippen molar-refractivity contribution in [1.82, 2.24) is 9.97 Å². The fourth-order valence-corrected chi connectivity index (χ4v) is 2.02. The highest BCUT2D eigenvalue weighted by molar-refractivity contribution is 5.87. The van der Waals surface area contributed by atoms with E-state index in [2.05, 4.69) is 9.97 Å². The summed E-state index contributed by atoms with van der Waals surface area (Å²) in [6.07, 6.45) is 0. The second-order valence-electron chi connectivity index (χ2n) is 4.16. The van der Waals surface area contributed by atoms with E-state index >= 15 is 0 Å². The maximum Gasteiger partial charge on any atom is 0.121 e. The number of fused-ring (bicyclic) bond motifs is 2. The largest absolute Gasteiger partial charge is 0.497 e. The lowest BCUT2D eigenvalue weighted by atomic mass is 10.2. The Hall–Kier alpha value is -2.36. The third-order valence-electron chi connectivity index (χ3n) is 2.92. The Morgan fingerprint density at radius 3 is 2.05 bits per heavy atom. The van der Waals surface area contributed by atoms with Crippen molar-refractivity contribution in [2.75, 3.05) is 13.7 Å². The van der Waals surface area contributed by atoms with E-state index in [0.717, 1.165) is 33.6 Å². The van der Waals surface area contributed by atoms with Crippen LogP contribution in [0.2, 0.25) is 0 Å². The van der Waals surface area contributed by atoms with Crippen LogP contribution < -0.4 is 9.47 Å². The van der Waals surface area contributed by atoms with E-state index in [1.807, 2.05) is 43.3 Å². The number of aromatic nitrogens is 2. The molecule has 4 nitrogen and oxygen atoms in total. The van der Waals surface area contributed by atoms with Gasteiger partial charge in [-0.05, 0) is 31.2 Å². The molecule has 19 heavy (non-hydrogen) atoms. The average molecular weight is 254 g/mol. The molecule has 0 radical (unpaired) electrons. The van der Waals surface area contributed by atoms with Crippen LogP contribution in [0.25, 0.3) is 22.1 Å². The first-order valence-corrected chi connectivity index (χ1v) is 6.18. The summed E-state index contributed by atoms with van der Waals surface area (Å²) in [5.41, 5.74) is 3.37. The van der Waals surface area contributed by atoms with Crippen molar-refractivity contribution in [3.05, 3.63) is 36.4 Å². The van der Waals surface area contributed by atoms with Gasteiger partial charge in [0.15, 0.2) is 0 Å².